The molecule has 0 saturated carbocycles. The van der Waals surface area contributed by atoms with Gasteiger partial charge in [0.25, 0.3) is 0 Å². The first-order valence-corrected chi connectivity index (χ1v) is 7.91. The minimum Gasteiger partial charge on any atom is -0.399 e. The molecule has 1 aromatic carbocycles. The van der Waals surface area contributed by atoms with Crippen LogP contribution in [0.3, 0.4) is 0 Å². The molecule has 6 heteroatoms. The first kappa shape index (κ1) is 20.0. The molecule has 3 N–H and O–H groups in total. The molecule has 132 valence electrons. The van der Waals surface area contributed by atoms with E-state index in [1.165, 1.54) is 0 Å². The molecule has 0 radical (unpaired) electrons. The van der Waals surface area contributed by atoms with Crippen LogP contribution in [-0.2, 0) is 24.7 Å². The van der Waals surface area contributed by atoms with Crippen molar-refractivity contribution in [1.29, 1.82) is 0 Å². The van der Waals surface area contributed by atoms with Crippen molar-refractivity contribution in [3.63, 3.8) is 0 Å². The number of nitrogens with zero attached hydrogens (tertiary/aromatic N) is 2. The van der Waals surface area contributed by atoms with Crippen molar-refractivity contribution in [2.24, 2.45) is 12.5 Å². The predicted octanol–water partition coefficient (Wildman–Crippen LogP) is 3.58. The normalized spacial score (nSPS) is 11.0. The summed E-state index contributed by atoms with van der Waals surface area (Å²) < 4.78 is 1.72. The van der Waals surface area contributed by atoms with Gasteiger partial charge in [-0.05, 0) is 29.9 Å². The van der Waals surface area contributed by atoms with Crippen molar-refractivity contribution in [3.8, 4) is 0 Å². The lowest BCUT2D eigenvalue weighted by Gasteiger charge is -2.15. The summed E-state index contributed by atoms with van der Waals surface area (Å²) in [6, 6.07) is 9.58. The molecular formula is C18H27ClN4O. The molecule has 0 aliphatic heterocycles. The van der Waals surface area contributed by atoms with Gasteiger partial charge in [-0.15, -0.1) is 12.4 Å². The van der Waals surface area contributed by atoms with E-state index in [1.54, 1.807) is 4.68 Å². The Morgan fingerprint density at radius 3 is 2.58 bits per heavy atom. The third-order valence-electron chi connectivity index (χ3n) is 3.59. The topological polar surface area (TPSA) is 72.9 Å². The first-order valence-electron chi connectivity index (χ1n) is 7.91. The van der Waals surface area contributed by atoms with Gasteiger partial charge in [0.05, 0.1) is 5.69 Å². The lowest BCUT2D eigenvalue weighted by Crippen LogP contribution is -2.15. The number of nitrogens with one attached hydrogen (secondary N) is 1. The maximum absolute atomic E-state index is 12.2. The molecule has 0 fully saturated rings. The molecule has 0 atom stereocenters. The zero-order valence-electron chi connectivity index (χ0n) is 14.8. The number of rotatable bonds is 5. The molecule has 0 saturated heterocycles. The van der Waals surface area contributed by atoms with Crippen LogP contribution < -0.4 is 11.1 Å². The Kier molecular flexibility index (Phi) is 6.84. The molecule has 24 heavy (non-hydrogen) atoms. The summed E-state index contributed by atoms with van der Waals surface area (Å²) in [5.41, 5.74) is 8.79. The van der Waals surface area contributed by atoms with E-state index in [9.17, 15) is 4.79 Å². The van der Waals surface area contributed by atoms with E-state index in [0.717, 1.165) is 29.2 Å². The molecule has 2 aromatic rings. The lowest BCUT2D eigenvalue weighted by molar-refractivity contribution is -0.116. The highest BCUT2D eigenvalue weighted by molar-refractivity contribution is 5.90. The number of halogens is 1. The maximum Gasteiger partial charge on any atom is 0.225 e. The molecule has 5 nitrogen and oxygen atoms in total. The van der Waals surface area contributed by atoms with Crippen molar-refractivity contribution < 1.29 is 4.79 Å². The summed E-state index contributed by atoms with van der Waals surface area (Å²) in [6.07, 6.45) is 1.90. The minimum absolute atomic E-state index is 0. The number of aryl methyl sites for hydroxylation is 2. The highest BCUT2D eigenvalue weighted by Crippen LogP contribution is 2.21. The van der Waals surface area contributed by atoms with Crippen molar-refractivity contribution in [2.75, 3.05) is 11.1 Å². The number of benzene rings is 1. The van der Waals surface area contributed by atoms with Crippen molar-refractivity contribution in [3.05, 3.63) is 41.6 Å². The average molecular weight is 351 g/mol. The summed E-state index contributed by atoms with van der Waals surface area (Å²) >= 11 is 0. The third-order valence-corrected chi connectivity index (χ3v) is 3.59. The largest absolute Gasteiger partial charge is 0.399 e. The minimum atomic E-state index is -0.0291. The van der Waals surface area contributed by atoms with Gasteiger partial charge in [-0.25, -0.2) is 0 Å². The SMILES string of the molecule is Cl.Cn1nc(CC(C)(C)C)cc1NC(=O)CCc1ccccc1N. The Labute approximate surface area is 150 Å². The van der Waals surface area contributed by atoms with Gasteiger partial charge < -0.3 is 11.1 Å². The van der Waals surface area contributed by atoms with Crippen LogP contribution in [0, 0.1) is 5.41 Å². The molecule has 0 unspecified atom stereocenters. The third kappa shape index (κ3) is 5.89. The van der Waals surface area contributed by atoms with E-state index in [1.807, 2.05) is 37.4 Å². The summed E-state index contributed by atoms with van der Waals surface area (Å²) in [5.74, 6) is 0.703. The van der Waals surface area contributed by atoms with Gasteiger partial charge in [0.15, 0.2) is 0 Å². The number of carbonyl (C=O) groups is 1. The number of amides is 1. The number of aromatic nitrogens is 2. The van der Waals surface area contributed by atoms with Gasteiger partial charge in [-0.2, -0.15) is 5.10 Å². The van der Waals surface area contributed by atoms with Crippen LogP contribution >= 0.6 is 12.4 Å². The van der Waals surface area contributed by atoms with Gasteiger partial charge in [0, 0.05) is 25.2 Å². The van der Waals surface area contributed by atoms with Crippen molar-refractivity contribution in [2.45, 2.75) is 40.0 Å². The predicted molar refractivity (Wildman–Crippen MR) is 101 cm³/mol. The Hall–Kier alpha value is -2.01. The number of nitrogens with two attached hydrogens (primary N) is 1. The Morgan fingerprint density at radius 1 is 1.29 bits per heavy atom. The zero-order chi connectivity index (χ0) is 17.0. The Morgan fingerprint density at radius 2 is 1.96 bits per heavy atom. The van der Waals surface area contributed by atoms with Crippen LogP contribution in [0.1, 0.15) is 38.4 Å². The van der Waals surface area contributed by atoms with Crippen LogP contribution in [0.15, 0.2) is 30.3 Å². The molecule has 0 bridgehead atoms. The molecule has 1 aromatic heterocycles. The Balaban J connectivity index is 0.00000288. The van der Waals surface area contributed by atoms with E-state index in [4.69, 9.17) is 5.73 Å². The van der Waals surface area contributed by atoms with Crippen LogP contribution in [-0.4, -0.2) is 15.7 Å². The number of hydrogen-bond donors (Lipinski definition) is 2. The van der Waals surface area contributed by atoms with Gasteiger partial charge in [-0.3, -0.25) is 9.48 Å². The van der Waals surface area contributed by atoms with Gasteiger partial charge in [-0.1, -0.05) is 39.0 Å². The number of para-hydroxylation sites is 1. The van der Waals surface area contributed by atoms with E-state index in [0.29, 0.717) is 12.8 Å². The van der Waals surface area contributed by atoms with E-state index < -0.39 is 0 Å². The fraction of sp³-hybridized carbons (Fsp3) is 0.444. The Bertz CT molecular complexity index is 689. The summed E-state index contributed by atoms with van der Waals surface area (Å²) in [7, 11) is 1.84. The van der Waals surface area contributed by atoms with Crippen LogP contribution in [0.5, 0.6) is 0 Å². The number of anilines is 2. The molecular weight excluding hydrogens is 324 g/mol. The highest BCUT2D eigenvalue weighted by Gasteiger charge is 2.16. The van der Waals surface area contributed by atoms with Crippen LogP contribution in [0.25, 0.3) is 0 Å². The van der Waals surface area contributed by atoms with Gasteiger partial charge in [0.1, 0.15) is 5.82 Å². The first-order chi connectivity index (χ1) is 10.7. The van der Waals surface area contributed by atoms with E-state index >= 15 is 0 Å². The fourth-order valence-corrected chi connectivity index (χ4v) is 2.49. The summed E-state index contributed by atoms with van der Waals surface area (Å²) in [5, 5.41) is 7.39. The summed E-state index contributed by atoms with van der Waals surface area (Å²) in [4.78, 5) is 12.2. The van der Waals surface area contributed by atoms with Crippen molar-refractivity contribution in [1.82, 2.24) is 9.78 Å². The second-order valence-electron chi connectivity index (χ2n) is 7.13. The highest BCUT2D eigenvalue weighted by atomic mass is 35.5. The monoisotopic (exact) mass is 350 g/mol. The van der Waals surface area contributed by atoms with Gasteiger partial charge in [0.2, 0.25) is 5.91 Å². The number of hydrogen-bond acceptors (Lipinski definition) is 3. The average Bonchev–Trinajstić information content (AvgIpc) is 2.75. The molecule has 0 aliphatic rings. The zero-order valence-corrected chi connectivity index (χ0v) is 15.6. The van der Waals surface area contributed by atoms with Crippen molar-refractivity contribution >= 4 is 29.8 Å². The van der Waals surface area contributed by atoms with Crippen LogP contribution in [0.4, 0.5) is 11.5 Å². The second kappa shape index (κ2) is 8.20. The van der Waals surface area contributed by atoms with Gasteiger partial charge >= 0.3 is 0 Å². The molecule has 0 aliphatic carbocycles. The quantitative estimate of drug-likeness (QED) is 0.809. The summed E-state index contributed by atoms with van der Waals surface area (Å²) in [6.45, 7) is 6.51. The standard InChI is InChI=1S/C18H26N4O.ClH/c1-18(2,3)12-14-11-16(22(4)21-14)20-17(23)10-9-13-7-5-6-8-15(13)19;/h5-8,11H,9-10,12,19H2,1-4H3,(H,20,23);1H. The number of carbonyl (C=O) groups excluding carboxylic acids is 1. The smallest absolute Gasteiger partial charge is 0.225 e. The lowest BCUT2D eigenvalue weighted by atomic mass is 9.91. The van der Waals surface area contributed by atoms with Crippen LogP contribution in [0.2, 0.25) is 0 Å². The van der Waals surface area contributed by atoms with E-state index in [2.05, 4.69) is 31.2 Å². The van der Waals surface area contributed by atoms with E-state index in [-0.39, 0.29) is 23.7 Å². The fourth-order valence-electron chi connectivity index (χ4n) is 2.49. The molecule has 1 amide bonds. The number of nitrogen functional groups attached to an aromatic ring is 1. The maximum atomic E-state index is 12.2. The molecule has 0 spiro atoms. The molecule has 1 heterocycles. The second-order valence-corrected chi connectivity index (χ2v) is 7.13. The molecule has 2 rings (SSSR count).